The van der Waals surface area contributed by atoms with Crippen molar-refractivity contribution in [2.75, 3.05) is 5.32 Å². The second-order valence-electron chi connectivity index (χ2n) is 7.01. The van der Waals surface area contributed by atoms with Crippen molar-refractivity contribution in [3.05, 3.63) is 60.3 Å². The van der Waals surface area contributed by atoms with Crippen LogP contribution in [0.1, 0.15) is 31.1 Å². The molecule has 0 bridgehead atoms. The largest absolute Gasteiger partial charge is 0.491 e. The summed E-state index contributed by atoms with van der Waals surface area (Å²) in [6.45, 7) is 6.37. The summed E-state index contributed by atoms with van der Waals surface area (Å²) >= 11 is 0. The third-order valence-electron chi connectivity index (χ3n) is 4.13. The van der Waals surface area contributed by atoms with Crippen LogP contribution >= 0.6 is 24.6 Å². The number of carbonyl (C=O) groups is 1. The van der Waals surface area contributed by atoms with Crippen molar-refractivity contribution in [1.29, 1.82) is 0 Å². The van der Waals surface area contributed by atoms with Crippen molar-refractivity contribution in [2.24, 2.45) is 0 Å². The Morgan fingerprint density at radius 3 is 2.31 bits per heavy atom. The van der Waals surface area contributed by atoms with E-state index in [9.17, 15) is 19.1 Å². The maximum atomic E-state index is 12.8. The molecule has 1 aromatic heterocycles. The highest BCUT2D eigenvalue weighted by molar-refractivity contribution is 8.93. The fourth-order valence-electron chi connectivity index (χ4n) is 2.74. The van der Waals surface area contributed by atoms with Gasteiger partial charge in [-0.05, 0) is 57.2 Å². The zero-order valence-corrected chi connectivity index (χ0v) is 20.4. The summed E-state index contributed by atoms with van der Waals surface area (Å²) in [5.74, 6) is 1.19. The first-order chi connectivity index (χ1) is 14.6. The lowest BCUT2D eigenvalue weighted by Crippen LogP contribution is -2.14. The van der Waals surface area contributed by atoms with E-state index in [1.807, 2.05) is 20.8 Å². The van der Waals surface area contributed by atoms with Crippen molar-refractivity contribution < 1.29 is 28.6 Å². The van der Waals surface area contributed by atoms with Gasteiger partial charge in [0.25, 0.3) is 5.91 Å². The topological polar surface area (TPSA) is 123 Å². The predicted octanol–water partition coefficient (Wildman–Crippen LogP) is 4.12. The molecule has 172 valence electrons. The average molecular weight is 526 g/mol. The van der Waals surface area contributed by atoms with Gasteiger partial charge >= 0.3 is 7.60 Å². The Morgan fingerprint density at radius 2 is 1.75 bits per heavy atom. The Morgan fingerprint density at radius 1 is 1.09 bits per heavy atom. The van der Waals surface area contributed by atoms with Gasteiger partial charge in [-0.15, -0.1) is 17.0 Å². The number of anilines is 1. The van der Waals surface area contributed by atoms with Crippen LogP contribution in [0.25, 0.3) is 0 Å². The molecule has 9 nitrogen and oxygen atoms in total. The Balaban J connectivity index is 0.00000363. The minimum absolute atomic E-state index is 0. The van der Waals surface area contributed by atoms with Gasteiger partial charge in [0.2, 0.25) is 0 Å². The summed E-state index contributed by atoms with van der Waals surface area (Å²) in [6.07, 6.45) is 1.65. The fourth-order valence-corrected chi connectivity index (χ4v) is 3.28. The highest BCUT2D eigenvalue weighted by atomic mass is 79.9. The van der Waals surface area contributed by atoms with Gasteiger partial charge in [-0.25, -0.2) is 0 Å². The second kappa shape index (κ2) is 10.8. The van der Waals surface area contributed by atoms with Crippen molar-refractivity contribution in [2.45, 2.75) is 33.4 Å². The Bertz CT molecular complexity index is 1110. The smallest absolute Gasteiger partial charge is 0.356 e. The van der Waals surface area contributed by atoms with Gasteiger partial charge in [-0.1, -0.05) is 0 Å². The van der Waals surface area contributed by atoms with Gasteiger partial charge in [0, 0.05) is 30.4 Å². The molecule has 0 atom stereocenters. The molecule has 0 aliphatic heterocycles. The number of nitrogens with zero attached hydrogens (tertiary/aromatic N) is 2. The lowest BCUT2D eigenvalue weighted by atomic mass is 10.2. The van der Waals surface area contributed by atoms with E-state index in [-0.39, 0.29) is 34.3 Å². The van der Waals surface area contributed by atoms with E-state index in [1.54, 1.807) is 35.1 Å². The third-order valence-corrected chi connectivity index (χ3v) is 5.10. The monoisotopic (exact) mass is 525 g/mol. The number of aromatic nitrogens is 2. The first-order valence-electron chi connectivity index (χ1n) is 9.64. The molecule has 2 aromatic carbocycles. The number of hydrogen-bond acceptors (Lipinski definition) is 5. The lowest BCUT2D eigenvalue weighted by Gasteiger charge is -2.14. The first kappa shape index (κ1) is 25.6. The first-order valence-corrected chi connectivity index (χ1v) is 11.3. The van der Waals surface area contributed by atoms with E-state index >= 15 is 0 Å². The van der Waals surface area contributed by atoms with Crippen LogP contribution in [0.2, 0.25) is 0 Å². The molecular formula is C21H25BrN3O6P. The van der Waals surface area contributed by atoms with Crippen LogP contribution in [0.5, 0.6) is 17.2 Å². The number of amides is 1. The molecule has 0 unspecified atom stereocenters. The van der Waals surface area contributed by atoms with E-state index < -0.39 is 7.60 Å². The van der Waals surface area contributed by atoms with Crippen molar-refractivity contribution in [1.82, 2.24) is 9.78 Å². The van der Waals surface area contributed by atoms with Crippen molar-refractivity contribution in [3.8, 4) is 17.2 Å². The zero-order chi connectivity index (χ0) is 22.6. The van der Waals surface area contributed by atoms with Gasteiger partial charge in [0.05, 0.1) is 11.4 Å². The number of rotatable bonds is 8. The minimum Gasteiger partial charge on any atom is -0.491 e. The number of ether oxygens (including phenoxy) is 2. The molecule has 0 spiro atoms. The number of nitrogens with one attached hydrogen (secondary N) is 1. The number of hydrogen-bond donors (Lipinski definition) is 3. The molecule has 0 saturated heterocycles. The van der Waals surface area contributed by atoms with Crippen molar-refractivity contribution in [3.63, 3.8) is 0 Å². The molecule has 0 saturated carbocycles. The van der Waals surface area contributed by atoms with Crippen LogP contribution < -0.4 is 20.1 Å². The molecule has 3 aromatic rings. The number of halogens is 1. The lowest BCUT2D eigenvalue weighted by molar-refractivity contribution is 0.102. The molecule has 32 heavy (non-hydrogen) atoms. The maximum Gasteiger partial charge on any atom is 0.356 e. The standard InChI is InChI=1S/C21H24N3O6P.BrH/c1-4-24-10-9-20(23-24)22-21(25)15-11-17(29-14(2)3)13-18(12-15)30-16-5-7-19(8-6-16)31(26,27)28;/h5-14H,4H2,1-3H3,(H,22,23,25)(H2,26,27,28);1H. The molecule has 0 aliphatic rings. The molecule has 1 amide bonds. The zero-order valence-electron chi connectivity index (χ0n) is 17.8. The van der Waals surface area contributed by atoms with Crippen LogP contribution in [0.4, 0.5) is 5.82 Å². The summed E-state index contributed by atoms with van der Waals surface area (Å²) in [7, 11) is -4.34. The van der Waals surface area contributed by atoms with E-state index in [2.05, 4.69) is 10.4 Å². The molecular weight excluding hydrogens is 501 g/mol. The highest BCUT2D eigenvalue weighted by Gasteiger charge is 2.17. The normalized spacial score (nSPS) is 11.1. The van der Waals surface area contributed by atoms with Crippen molar-refractivity contribution >= 4 is 41.6 Å². The summed E-state index contributed by atoms with van der Waals surface area (Å²) in [6, 6.07) is 12.0. The Labute approximate surface area is 196 Å². The predicted molar refractivity (Wildman–Crippen MR) is 127 cm³/mol. The van der Waals surface area contributed by atoms with Gasteiger partial charge in [0.15, 0.2) is 5.82 Å². The quantitative estimate of drug-likeness (QED) is 0.378. The SMILES string of the molecule is Br.CCn1ccc(NC(=O)c2cc(Oc3ccc(P(=O)(O)O)cc3)cc(OC(C)C)c2)n1. The summed E-state index contributed by atoms with van der Waals surface area (Å²) in [4.78, 5) is 31.2. The second-order valence-corrected chi connectivity index (χ2v) is 8.61. The fraction of sp³-hybridized carbons (Fsp3) is 0.238. The summed E-state index contributed by atoms with van der Waals surface area (Å²) in [5.41, 5.74) is 0.311. The Kier molecular flexibility index (Phi) is 8.63. The average Bonchev–Trinajstić information content (AvgIpc) is 3.14. The van der Waals surface area contributed by atoms with Gasteiger partial charge in [0.1, 0.15) is 17.2 Å². The summed E-state index contributed by atoms with van der Waals surface area (Å²) in [5, 5.41) is 6.87. The minimum atomic E-state index is -4.34. The van der Waals surface area contributed by atoms with E-state index in [0.29, 0.717) is 35.2 Å². The van der Waals surface area contributed by atoms with E-state index in [0.717, 1.165) is 0 Å². The van der Waals surface area contributed by atoms with Gasteiger partial charge < -0.3 is 24.6 Å². The molecule has 3 N–H and O–H groups in total. The number of aryl methyl sites for hydroxylation is 1. The Hall–Kier alpha value is -2.65. The molecule has 11 heteroatoms. The van der Waals surface area contributed by atoms with Crippen LogP contribution in [0, 0.1) is 0 Å². The third kappa shape index (κ3) is 6.93. The van der Waals surface area contributed by atoms with E-state index in [1.165, 1.54) is 24.3 Å². The van der Waals surface area contributed by atoms with Crippen LogP contribution in [0.3, 0.4) is 0 Å². The molecule has 3 rings (SSSR count). The van der Waals surface area contributed by atoms with Crippen LogP contribution in [0.15, 0.2) is 54.7 Å². The molecule has 0 aliphatic carbocycles. The molecule has 0 fully saturated rings. The highest BCUT2D eigenvalue weighted by Crippen LogP contribution is 2.34. The summed E-state index contributed by atoms with van der Waals surface area (Å²) < 4.78 is 24.6. The van der Waals surface area contributed by atoms with Gasteiger partial charge in [-0.3, -0.25) is 14.0 Å². The van der Waals surface area contributed by atoms with Gasteiger partial charge in [-0.2, -0.15) is 5.10 Å². The van der Waals surface area contributed by atoms with E-state index in [4.69, 9.17) is 9.47 Å². The van der Waals surface area contributed by atoms with Crippen LogP contribution in [-0.4, -0.2) is 31.6 Å². The maximum absolute atomic E-state index is 12.8. The molecule has 0 radical (unpaired) electrons. The van der Waals surface area contributed by atoms with Crippen LogP contribution in [-0.2, 0) is 11.1 Å². The molecule has 1 heterocycles. The number of carbonyl (C=O) groups excluding carboxylic acids is 1. The number of benzene rings is 2.